The van der Waals surface area contributed by atoms with Gasteiger partial charge in [0.15, 0.2) is 0 Å². The van der Waals surface area contributed by atoms with E-state index in [0.29, 0.717) is 0 Å². The first-order chi connectivity index (χ1) is 5.90. The molecule has 2 rings (SSSR count). The van der Waals surface area contributed by atoms with Crippen LogP contribution in [0.2, 0.25) is 0 Å². The van der Waals surface area contributed by atoms with Crippen LogP contribution in [0.1, 0.15) is 38.5 Å². The van der Waals surface area contributed by atoms with Gasteiger partial charge in [-0.25, -0.2) is 5.53 Å². The third kappa shape index (κ3) is 1.43. The minimum atomic E-state index is 0.217. The van der Waals surface area contributed by atoms with E-state index in [1.807, 2.05) is 0 Å². The maximum absolute atomic E-state index is 6.98. The van der Waals surface area contributed by atoms with E-state index in [4.69, 9.17) is 5.53 Å². The fraction of sp³-hybridized carbons (Fsp3) is 0.800. The van der Waals surface area contributed by atoms with E-state index in [2.05, 4.69) is 11.2 Å². The first kappa shape index (κ1) is 7.96. The Labute approximate surface area is 73.6 Å². The number of hydrogen-bond donors (Lipinski definition) is 1. The summed E-state index contributed by atoms with van der Waals surface area (Å²) in [6.45, 7) is 0. The lowest BCUT2D eigenvalue weighted by Crippen LogP contribution is -2.19. The van der Waals surface area contributed by atoms with E-state index in [0.717, 1.165) is 12.3 Å². The molecule has 0 amide bonds. The second kappa shape index (κ2) is 3.38. The third-order valence-corrected chi connectivity index (χ3v) is 3.18. The monoisotopic (exact) mass is 164 g/mol. The van der Waals surface area contributed by atoms with E-state index < -0.39 is 0 Å². The maximum atomic E-state index is 6.98. The van der Waals surface area contributed by atoms with Gasteiger partial charge in [0.25, 0.3) is 0 Å². The molecule has 1 saturated carbocycles. The highest BCUT2D eigenvalue weighted by Gasteiger charge is 2.24. The number of nitrogens with one attached hydrogen (secondary N) is 1. The van der Waals surface area contributed by atoms with Crippen LogP contribution < -0.4 is 0 Å². The van der Waals surface area contributed by atoms with Crippen molar-refractivity contribution in [1.29, 1.82) is 5.53 Å². The minimum Gasteiger partial charge on any atom is -0.209 e. The number of hydrogen-bond acceptors (Lipinski definition) is 2. The molecule has 12 heavy (non-hydrogen) atoms. The van der Waals surface area contributed by atoms with Crippen molar-refractivity contribution in [2.75, 3.05) is 0 Å². The summed E-state index contributed by atoms with van der Waals surface area (Å²) in [5, 5.41) is 3.61. The molecule has 0 aliphatic heterocycles. The summed E-state index contributed by atoms with van der Waals surface area (Å²) < 4.78 is 0. The van der Waals surface area contributed by atoms with Gasteiger partial charge in [-0.15, -0.1) is 0 Å². The molecule has 2 heteroatoms. The molecule has 2 nitrogen and oxygen atoms in total. The highest BCUT2D eigenvalue weighted by molar-refractivity contribution is 5.16. The normalized spacial score (nSPS) is 35.2. The van der Waals surface area contributed by atoms with E-state index in [1.54, 1.807) is 5.57 Å². The molecule has 1 N–H and O–H groups in total. The van der Waals surface area contributed by atoms with E-state index in [9.17, 15) is 0 Å². The van der Waals surface area contributed by atoms with Crippen LogP contribution in [0.5, 0.6) is 0 Å². The molecule has 66 valence electrons. The van der Waals surface area contributed by atoms with Crippen LogP contribution in [0.25, 0.3) is 0 Å². The number of allylic oxidation sites excluding steroid dienone is 1. The van der Waals surface area contributed by atoms with Crippen LogP contribution in [0, 0.1) is 11.4 Å². The Bertz CT molecular complexity index is 208. The van der Waals surface area contributed by atoms with Crippen LogP contribution in [-0.4, -0.2) is 6.04 Å². The van der Waals surface area contributed by atoms with Gasteiger partial charge in [-0.2, -0.15) is 5.11 Å². The van der Waals surface area contributed by atoms with Gasteiger partial charge in [0.2, 0.25) is 0 Å². The molecule has 2 aliphatic carbocycles. The summed E-state index contributed by atoms with van der Waals surface area (Å²) in [6.07, 6.45) is 10.1. The van der Waals surface area contributed by atoms with Gasteiger partial charge in [-0.1, -0.05) is 18.1 Å². The molecule has 0 spiro atoms. The van der Waals surface area contributed by atoms with Crippen molar-refractivity contribution in [1.82, 2.24) is 0 Å². The average molecular weight is 164 g/mol. The Balaban J connectivity index is 2.11. The summed E-state index contributed by atoms with van der Waals surface area (Å²) >= 11 is 0. The molecule has 1 fully saturated rings. The number of rotatable bonds is 1. The fourth-order valence-electron chi connectivity index (χ4n) is 2.46. The first-order valence-corrected chi connectivity index (χ1v) is 4.97. The summed E-state index contributed by atoms with van der Waals surface area (Å²) in [5.74, 6) is 0.858. The molecule has 0 heterocycles. The van der Waals surface area contributed by atoms with Gasteiger partial charge < -0.3 is 0 Å². The van der Waals surface area contributed by atoms with Crippen molar-refractivity contribution in [3.63, 3.8) is 0 Å². The fourth-order valence-corrected chi connectivity index (χ4v) is 2.46. The van der Waals surface area contributed by atoms with Gasteiger partial charge in [0, 0.05) is 0 Å². The van der Waals surface area contributed by atoms with Crippen LogP contribution >= 0.6 is 0 Å². The van der Waals surface area contributed by atoms with Crippen molar-refractivity contribution in [2.24, 2.45) is 11.0 Å². The van der Waals surface area contributed by atoms with Gasteiger partial charge in [0.05, 0.1) is 6.04 Å². The Morgan fingerprint density at radius 3 is 3.00 bits per heavy atom. The second-order valence-corrected chi connectivity index (χ2v) is 3.96. The van der Waals surface area contributed by atoms with Crippen LogP contribution in [0.3, 0.4) is 0 Å². The smallest absolute Gasteiger partial charge is 0.0889 e. The molecule has 0 radical (unpaired) electrons. The summed E-state index contributed by atoms with van der Waals surface area (Å²) in [5.41, 5.74) is 8.59. The van der Waals surface area contributed by atoms with Crippen LogP contribution in [0.4, 0.5) is 0 Å². The molecule has 0 aromatic heterocycles. The van der Waals surface area contributed by atoms with Crippen molar-refractivity contribution >= 4 is 0 Å². The first-order valence-electron chi connectivity index (χ1n) is 4.97. The Morgan fingerprint density at radius 2 is 2.17 bits per heavy atom. The van der Waals surface area contributed by atoms with Gasteiger partial charge >= 0.3 is 0 Å². The molecular weight excluding hydrogens is 148 g/mol. The average Bonchev–Trinajstić information content (AvgIpc) is 2.17. The van der Waals surface area contributed by atoms with Crippen molar-refractivity contribution in [2.45, 2.75) is 44.6 Å². The standard InChI is InChI=1S/C10H16N2/c11-12-10-6-5-8-3-1-2-4-9(8)7-10/h7-8,10-11H,1-6H2/t8-,10?/m0/s1. The third-order valence-electron chi connectivity index (χ3n) is 3.18. The maximum Gasteiger partial charge on any atom is 0.0889 e. The van der Waals surface area contributed by atoms with Gasteiger partial charge in [-0.05, 0) is 38.0 Å². The van der Waals surface area contributed by atoms with E-state index >= 15 is 0 Å². The largest absolute Gasteiger partial charge is 0.209 e. The highest BCUT2D eigenvalue weighted by atomic mass is 15.0. The summed E-state index contributed by atoms with van der Waals surface area (Å²) in [7, 11) is 0. The molecule has 2 aliphatic rings. The molecule has 0 bridgehead atoms. The molecule has 0 aromatic carbocycles. The van der Waals surface area contributed by atoms with Gasteiger partial charge in [-0.3, -0.25) is 0 Å². The zero-order valence-electron chi connectivity index (χ0n) is 7.42. The second-order valence-electron chi connectivity index (χ2n) is 3.96. The van der Waals surface area contributed by atoms with E-state index in [-0.39, 0.29) is 6.04 Å². The van der Waals surface area contributed by atoms with Crippen LogP contribution in [0.15, 0.2) is 16.8 Å². The van der Waals surface area contributed by atoms with Crippen molar-refractivity contribution < 1.29 is 0 Å². The number of nitrogens with zero attached hydrogens (tertiary/aromatic N) is 1. The lowest BCUT2D eigenvalue weighted by molar-refractivity contribution is 0.385. The predicted octanol–water partition coefficient (Wildman–Crippen LogP) is 3.30. The summed E-state index contributed by atoms with van der Waals surface area (Å²) in [6, 6.07) is 0.217. The topological polar surface area (TPSA) is 36.2 Å². The molecule has 2 atom stereocenters. The van der Waals surface area contributed by atoms with Crippen molar-refractivity contribution in [3.05, 3.63) is 11.6 Å². The predicted molar refractivity (Wildman–Crippen MR) is 48.2 cm³/mol. The molecule has 1 unspecified atom stereocenters. The zero-order valence-corrected chi connectivity index (χ0v) is 7.42. The SMILES string of the molecule is N=NC1C=C2CCCC[C@H]2CC1. The highest BCUT2D eigenvalue weighted by Crippen LogP contribution is 2.37. The Morgan fingerprint density at radius 1 is 1.25 bits per heavy atom. The molecular formula is C10H16N2. The van der Waals surface area contributed by atoms with E-state index in [1.165, 1.54) is 32.1 Å². The van der Waals surface area contributed by atoms with Gasteiger partial charge in [0.1, 0.15) is 0 Å². The lowest BCUT2D eigenvalue weighted by Gasteiger charge is -2.30. The lowest BCUT2D eigenvalue weighted by atomic mass is 9.77. The quantitative estimate of drug-likeness (QED) is 0.456. The molecule has 0 aromatic rings. The van der Waals surface area contributed by atoms with Crippen LogP contribution in [-0.2, 0) is 0 Å². The minimum absolute atomic E-state index is 0.217. The van der Waals surface area contributed by atoms with Crippen molar-refractivity contribution in [3.8, 4) is 0 Å². The number of fused-ring (bicyclic) bond motifs is 1. The summed E-state index contributed by atoms with van der Waals surface area (Å²) in [4.78, 5) is 0. The Hall–Kier alpha value is -0.660. The Kier molecular flexibility index (Phi) is 2.24. The molecule has 0 saturated heterocycles. The zero-order chi connectivity index (χ0) is 8.39.